The molecule has 1 aromatic carbocycles. The van der Waals surface area contributed by atoms with Crippen LogP contribution in [0.2, 0.25) is 0 Å². The van der Waals surface area contributed by atoms with Gasteiger partial charge in [-0.1, -0.05) is 26.8 Å². The van der Waals surface area contributed by atoms with Crippen LogP contribution in [0, 0.1) is 5.82 Å². The molecule has 0 saturated heterocycles. The van der Waals surface area contributed by atoms with Gasteiger partial charge in [-0.15, -0.1) is 11.3 Å². The topological polar surface area (TPSA) is 55.1 Å². The zero-order chi connectivity index (χ0) is 14.9. The molecular formula is C14H17FN2OS2. The number of hydrazine groups is 1. The quantitative estimate of drug-likeness (QED) is 0.516. The smallest absolute Gasteiger partial charge is 0.275 e. The van der Waals surface area contributed by atoms with Gasteiger partial charge in [0.25, 0.3) is 5.91 Å². The van der Waals surface area contributed by atoms with E-state index in [2.05, 4.69) is 26.2 Å². The summed E-state index contributed by atoms with van der Waals surface area (Å²) in [5, 5.41) is 0.535. The first-order chi connectivity index (χ1) is 9.33. The summed E-state index contributed by atoms with van der Waals surface area (Å²) >= 11 is 2.95. The monoisotopic (exact) mass is 312 g/mol. The first-order valence-corrected chi connectivity index (χ1v) is 7.98. The van der Waals surface area contributed by atoms with E-state index in [9.17, 15) is 9.18 Å². The Hall–Kier alpha value is -1.11. The van der Waals surface area contributed by atoms with Gasteiger partial charge < -0.3 is 0 Å². The number of carbonyl (C=O) groups excluding carboxylic acids is 1. The van der Waals surface area contributed by atoms with Crippen molar-refractivity contribution in [1.82, 2.24) is 5.43 Å². The first kappa shape index (κ1) is 15.3. The Kier molecular flexibility index (Phi) is 4.36. The lowest BCUT2D eigenvalue weighted by Gasteiger charge is -2.17. The predicted octanol–water partition coefficient (Wildman–Crippen LogP) is 3.68. The summed E-state index contributed by atoms with van der Waals surface area (Å²) in [6.45, 7) is 6.27. The third kappa shape index (κ3) is 3.13. The van der Waals surface area contributed by atoms with Crippen molar-refractivity contribution in [2.24, 2.45) is 5.84 Å². The number of thiophene rings is 1. The third-order valence-electron chi connectivity index (χ3n) is 2.75. The number of carbonyl (C=O) groups is 1. The highest BCUT2D eigenvalue weighted by atomic mass is 32.2. The minimum Gasteiger partial charge on any atom is -0.289 e. The van der Waals surface area contributed by atoms with E-state index >= 15 is 0 Å². The van der Waals surface area contributed by atoms with E-state index in [1.165, 1.54) is 17.4 Å². The second-order valence-corrected chi connectivity index (χ2v) is 8.25. The van der Waals surface area contributed by atoms with E-state index in [-0.39, 0.29) is 16.5 Å². The number of fused-ring (bicyclic) bond motifs is 1. The molecular weight excluding hydrogens is 295 g/mol. The highest BCUT2D eigenvalue weighted by molar-refractivity contribution is 7.99. The first-order valence-electron chi connectivity index (χ1n) is 6.18. The van der Waals surface area contributed by atoms with E-state index in [4.69, 9.17) is 5.84 Å². The van der Waals surface area contributed by atoms with Crippen molar-refractivity contribution in [3.63, 3.8) is 0 Å². The summed E-state index contributed by atoms with van der Waals surface area (Å²) in [5.74, 6) is 5.14. The van der Waals surface area contributed by atoms with Crippen LogP contribution >= 0.6 is 23.1 Å². The molecule has 20 heavy (non-hydrogen) atoms. The van der Waals surface area contributed by atoms with Crippen LogP contribution in [0.3, 0.4) is 0 Å². The van der Waals surface area contributed by atoms with Crippen molar-refractivity contribution < 1.29 is 9.18 Å². The van der Waals surface area contributed by atoms with Crippen LogP contribution in [0.25, 0.3) is 10.1 Å². The summed E-state index contributed by atoms with van der Waals surface area (Å²) in [4.78, 5) is 12.4. The fourth-order valence-electron chi connectivity index (χ4n) is 1.84. The maximum Gasteiger partial charge on any atom is 0.275 e. The molecule has 6 heteroatoms. The lowest BCUT2D eigenvalue weighted by molar-refractivity contribution is 0.0957. The normalized spacial score (nSPS) is 11.8. The Bertz CT molecular complexity index is 646. The molecule has 0 bridgehead atoms. The summed E-state index contributed by atoms with van der Waals surface area (Å²) < 4.78 is 14.9. The number of amides is 1. The average Bonchev–Trinajstić information content (AvgIpc) is 2.74. The number of thioether (sulfide) groups is 1. The Morgan fingerprint density at radius 3 is 2.75 bits per heavy atom. The van der Waals surface area contributed by atoms with Gasteiger partial charge in [-0.3, -0.25) is 10.2 Å². The van der Waals surface area contributed by atoms with E-state index in [1.807, 2.05) is 6.07 Å². The molecule has 1 heterocycles. The number of nitrogen functional groups attached to an aromatic ring is 1. The second-order valence-electron chi connectivity index (χ2n) is 5.40. The number of hydrogen-bond donors (Lipinski definition) is 2. The Morgan fingerprint density at radius 1 is 1.45 bits per heavy atom. The van der Waals surface area contributed by atoms with Crippen LogP contribution in [0.15, 0.2) is 18.2 Å². The van der Waals surface area contributed by atoms with Gasteiger partial charge in [0.1, 0.15) is 5.82 Å². The average molecular weight is 312 g/mol. The fraction of sp³-hybridized carbons (Fsp3) is 0.357. The summed E-state index contributed by atoms with van der Waals surface area (Å²) in [6, 6.07) is 4.89. The molecule has 108 valence electrons. The molecule has 0 aliphatic heterocycles. The minimum atomic E-state index is -0.366. The number of halogens is 1. The molecule has 0 aliphatic carbocycles. The Balaban J connectivity index is 2.55. The van der Waals surface area contributed by atoms with Gasteiger partial charge >= 0.3 is 0 Å². The molecule has 0 fully saturated rings. The van der Waals surface area contributed by atoms with Crippen molar-refractivity contribution in [3.8, 4) is 0 Å². The second kappa shape index (κ2) is 5.71. The fourth-order valence-corrected chi connectivity index (χ4v) is 3.94. The number of nitrogens with two attached hydrogens (primary N) is 1. The van der Waals surface area contributed by atoms with Gasteiger partial charge in [-0.2, -0.15) is 11.8 Å². The van der Waals surface area contributed by atoms with Gasteiger partial charge in [0, 0.05) is 20.6 Å². The molecule has 0 aliphatic rings. The van der Waals surface area contributed by atoms with Crippen molar-refractivity contribution in [2.75, 3.05) is 0 Å². The van der Waals surface area contributed by atoms with Gasteiger partial charge in [-0.25, -0.2) is 10.2 Å². The third-order valence-corrected chi connectivity index (χ3v) is 5.25. The summed E-state index contributed by atoms with van der Waals surface area (Å²) in [6.07, 6.45) is 0. The number of hydrogen-bond acceptors (Lipinski definition) is 4. The Morgan fingerprint density at radius 2 is 2.15 bits per heavy atom. The SMILES string of the molecule is CC(C)(C)SCc1c(C(=O)NN)sc2cccc(F)c12. The molecule has 0 atom stereocenters. The molecule has 0 spiro atoms. The van der Waals surface area contributed by atoms with Gasteiger partial charge in [0.15, 0.2) is 0 Å². The lowest BCUT2D eigenvalue weighted by atomic mass is 10.1. The molecule has 0 unspecified atom stereocenters. The van der Waals surface area contributed by atoms with E-state index < -0.39 is 0 Å². The number of benzene rings is 1. The van der Waals surface area contributed by atoms with Gasteiger partial charge in [0.05, 0.1) is 4.88 Å². The highest BCUT2D eigenvalue weighted by Crippen LogP contribution is 2.38. The van der Waals surface area contributed by atoms with E-state index in [0.717, 1.165) is 10.3 Å². The Labute approximate surface area is 125 Å². The molecule has 0 radical (unpaired) electrons. The van der Waals surface area contributed by atoms with Crippen LogP contribution in [-0.4, -0.2) is 10.7 Å². The van der Waals surface area contributed by atoms with Crippen LogP contribution in [0.1, 0.15) is 36.0 Å². The lowest BCUT2D eigenvalue weighted by Crippen LogP contribution is -2.30. The van der Waals surface area contributed by atoms with E-state index in [1.54, 1.807) is 17.8 Å². The van der Waals surface area contributed by atoms with Crippen molar-refractivity contribution in [3.05, 3.63) is 34.5 Å². The molecule has 1 aromatic heterocycles. The van der Waals surface area contributed by atoms with E-state index in [0.29, 0.717) is 16.0 Å². The van der Waals surface area contributed by atoms with Crippen LogP contribution in [0.5, 0.6) is 0 Å². The molecule has 3 nitrogen and oxygen atoms in total. The van der Waals surface area contributed by atoms with Crippen molar-refractivity contribution in [2.45, 2.75) is 31.3 Å². The van der Waals surface area contributed by atoms with Crippen molar-refractivity contribution >= 4 is 39.1 Å². The molecule has 2 rings (SSSR count). The summed E-state index contributed by atoms with van der Waals surface area (Å²) in [7, 11) is 0. The number of nitrogens with one attached hydrogen (secondary N) is 1. The minimum absolute atomic E-state index is 0.0377. The molecule has 3 N–H and O–H groups in total. The predicted molar refractivity (Wildman–Crippen MR) is 84.5 cm³/mol. The van der Waals surface area contributed by atoms with Crippen LogP contribution in [-0.2, 0) is 5.75 Å². The van der Waals surface area contributed by atoms with Crippen molar-refractivity contribution in [1.29, 1.82) is 0 Å². The van der Waals surface area contributed by atoms with Crippen LogP contribution in [0.4, 0.5) is 4.39 Å². The highest BCUT2D eigenvalue weighted by Gasteiger charge is 2.22. The van der Waals surface area contributed by atoms with Crippen LogP contribution < -0.4 is 11.3 Å². The zero-order valence-electron chi connectivity index (χ0n) is 11.6. The zero-order valence-corrected chi connectivity index (χ0v) is 13.3. The maximum atomic E-state index is 14.1. The van der Waals surface area contributed by atoms with Gasteiger partial charge in [0.2, 0.25) is 0 Å². The largest absolute Gasteiger partial charge is 0.289 e. The number of rotatable bonds is 3. The summed E-state index contributed by atoms with van der Waals surface area (Å²) in [5.41, 5.74) is 2.87. The molecule has 2 aromatic rings. The maximum absolute atomic E-state index is 14.1. The standard InChI is InChI=1S/C14H17FN2OS2/c1-14(2,3)19-7-8-11-9(15)5-4-6-10(11)20-12(8)13(18)17-16/h4-6H,7,16H2,1-3H3,(H,17,18). The molecule has 1 amide bonds. The van der Waals surface area contributed by atoms with Gasteiger partial charge in [-0.05, 0) is 17.7 Å². The molecule has 0 saturated carbocycles.